The molecule has 7 nitrogen and oxygen atoms in total. The molecule has 3 aromatic rings. The number of benzene rings is 1. The fourth-order valence-corrected chi connectivity index (χ4v) is 1.94. The van der Waals surface area contributed by atoms with Crippen molar-refractivity contribution in [3.05, 3.63) is 60.7 Å². The number of para-hydroxylation sites is 1. The highest BCUT2D eigenvalue weighted by atomic mass is 16.5. The van der Waals surface area contributed by atoms with Gasteiger partial charge in [-0.05, 0) is 24.3 Å². The first-order valence-corrected chi connectivity index (χ1v) is 6.54. The van der Waals surface area contributed by atoms with Crippen molar-refractivity contribution in [2.24, 2.45) is 0 Å². The van der Waals surface area contributed by atoms with Crippen LogP contribution in [0.1, 0.15) is 10.4 Å². The molecule has 0 fully saturated rings. The second-order valence-electron chi connectivity index (χ2n) is 4.41. The summed E-state index contributed by atoms with van der Waals surface area (Å²) in [6.45, 7) is 0. The highest BCUT2D eigenvalue weighted by Crippen LogP contribution is 2.20. The summed E-state index contributed by atoms with van der Waals surface area (Å²) in [5.41, 5.74) is 1.05. The molecule has 0 aliphatic heterocycles. The van der Waals surface area contributed by atoms with Crippen LogP contribution in [0.25, 0.3) is 5.82 Å². The summed E-state index contributed by atoms with van der Waals surface area (Å²) in [4.78, 5) is 15.7. The minimum absolute atomic E-state index is 0.411. The minimum atomic E-state index is -0.411. The van der Waals surface area contributed by atoms with E-state index in [1.54, 1.807) is 53.6 Å². The van der Waals surface area contributed by atoms with Crippen LogP contribution in [0.3, 0.4) is 0 Å². The van der Waals surface area contributed by atoms with Crippen LogP contribution in [-0.2, 0) is 4.74 Å². The molecule has 7 heteroatoms. The topological polar surface area (TPSA) is 81.9 Å². The Morgan fingerprint density at radius 2 is 2.05 bits per heavy atom. The molecule has 110 valence electrons. The van der Waals surface area contributed by atoms with Crippen molar-refractivity contribution in [3.63, 3.8) is 0 Å². The Labute approximate surface area is 126 Å². The largest absolute Gasteiger partial charge is 0.465 e. The number of nitrogens with zero attached hydrogens (tertiary/aromatic N) is 4. The lowest BCUT2D eigenvalue weighted by Crippen LogP contribution is -2.06. The average molecular weight is 295 g/mol. The van der Waals surface area contributed by atoms with Crippen LogP contribution in [0.2, 0.25) is 0 Å². The lowest BCUT2D eigenvalue weighted by molar-refractivity contribution is 0.0602. The summed E-state index contributed by atoms with van der Waals surface area (Å²) in [5, 5.41) is 11.3. The van der Waals surface area contributed by atoms with Crippen molar-refractivity contribution in [1.82, 2.24) is 19.7 Å². The summed E-state index contributed by atoms with van der Waals surface area (Å²) in [6, 6.07) is 10.6. The fraction of sp³-hybridized carbons (Fsp3) is 0.0667. The number of anilines is 2. The third kappa shape index (κ3) is 2.78. The van der Waals surface area contributed by atoms with E-state index in [1.165, 1.54) is 7.11 Å². The molecule has 22 heavy (non-hydrogen) atoms. The first-order chi connectivity index (χ1) is 10.8. The summed E-state index contributed by atoms with van der Waals surface area (Å²) >= 11 is 0. The van der Waals surface area contributed by atoms with Gasteiger partial charge in [-0.3, -0.25) is 4.57 Å². The number of hydrogen-bond acceptors (Lipinski definition) is 6. The van der Waals surface area contributed by atoms with Crippen LogP contribution in [0.15, 0.2) is 55.1 Å². The average Bonchev–Trinajstić information content (AvgIpc) is 3.10. The highest BCUT2D eigenvalue weighted by Gasteiger charge is 2.11. The smallest absolute Gasteiger partial charge is 0.339 e. The lowest BCUT2D eigenvalue weighted by Gasteiger charge is -2.09. The molecule has 0 radical (unpaired) electrons. The van der Waals surface area contributed by atoms with Crippen LogP contribution in [0, 0.1) is 0 Å². The Kier molecular flexibility index (Phi) is 3.78. The van der Waals surface area contributed by atoms with Crippen LogP contribution < -0.4 is 5.32 Å². The number of ether oxygens (including phenoxy) is 1. The second kappa shape index (κ2) is 6.04. The van der Waals surface area contributed by atoms with E-state index in [-0.39, 0.29) is 0 Å². The zero-order valence-corrected chi connectivity index (χ0v) is 11.8. The van der Waals surface area contributed by atoms with Gasteiger partial charge in [0.25, 0.3) is 0 Å². The summed E-state index contributed by atoms with van der Waals surface area (Å²) in [5.74, 6) is 0.774. The molecule has 0 amide bonds. The van der Waals surface area contributed by atoms with E-state index in [1.807, 2.05) is 6.07 Å². The maximum Gasteiger partial charge on any atom is 0.339 e. The van der Waals surface area contributed by atoms with Crippen molar-refractivity contribution in [3.8, 4) is 5.82 Å². The Morgan fingerprint density at radius 3 is 2.73 bits per heavy atom. The third-order valence-corrected chi connectivity index (χ3v) is 3.01. The van der Waals surface area contributed by atoms with Gasteiger partial charge in [-0.25, -0.2) is 9.78 Å². The number of hydrogen-bond donors (Lipinski definition) is 1. The van der Waals surface area contributed by atoms with E-state index in [9.17, 15) is 4.79 Å². The zero-order valence-electron chi connectivity index (χ0n) is 11.8. The van der Waals surface area contributed by atoms with Gasteiger partial charge in [-0.1, -0.05) is 12.1 Å². The Balaban J connectivity index is 1.83. The molecule has 0 spiro atoms. The number of imidazole rings is 1. The molecule has 3 rings (SSSR count). The first kappa shape index (κ1) is 13.7. The SMILES string of the molecule is COC(=O)c1ccccc1Nc1ccc(-n2ccnc2)nn1. The highest BCUT2D eigenvalue weighted by molar-refractivity contribution is 5.96. The maximum atomic E-state index is 11.7. The third-order valence-electron chi connectivity index (χ3n) is 3.01. The lowest BCUT2D eigenvalue weighted by atomic mass is 10.2. The summed E-state index contributed by atoms with van der Waals surface area (Å²) in [7, 11) is 1.35. The van der Waals surface area contributed by atoms with Crippen LogP contribution in [-0.4, -0.2) is 32.8 Å². The Hall–Kier alpha value is -3.22. The molecule has 0 aliphatic rings. The predicted molar refractivity (Wildman–Crippen MR) is 80.2 cm³/mol. The van der Waals surface area contributed by atoms with Crippen LogP contribution >= 0.6 is 0 Å². The van der Waals surface area contributed by atoms with Crippen molar-refractivity contribution in [1.29, 1.82) is 0 Å². The van der Waals surface area contributed by atoms with Gasteiger partial charge >= 0.3 is 5.97 Å². The Morgan fingerprint density at radius 1 is 1.18 bits per heavy atom. The van der Waals surface area contributed by atoms with Gasteiger partial charge in [-0.15, -0.1) is 10.2 Å². The summed E-state index contributed by atoms with van der Waals surface area (Å²) in [6.07, 6.45) is 5.09. The number of esters is 1. The minimum Gasteiger partial charge on any atom is -0.465 e. The number of nitrogens with one attached hydrogen (secondary N) is 1. The molecule has 0 unspecified atom stereocenters. The number of carbonyl (C=O) groups is 1. The number of carbonyl (C=O) groups excluding carboxylic acids is 1. The molecule has 0 bridgehead atoms. The molecule has 0 saturated carbocycles. The van der Waals surface area contributed by atoms with Gasteiger partial charge in [0.1, 0.15) is 6.33 Å². The zero-order chi connectivity index (χ0) is 15.4. The van der Waals surface area contributed by atoms with E-state index in [4.69, 9.17) is 4.74 Å². The monoisotopic (exact) mass is 295 g/mol. The molecule has 0 aliphatic carbocycles. The van der Waals surface area contributed by atoms with Gasteiger partial charge < -0.3 is 10.1 Å². The first-order valence-electron chi connectivity index (χ1n) is 6.54. The van der Waals surface area contributed by atoms with Gasteiger partial charge in [0.2, 0.25) is 0 Å². The predicted octanol–water partition coefficient (Wildman–Crippen LogP) is 2.19. The van der Waals surface area contributed by atoms with Gasteiger partial charge in [0, 0.05) is 12.4 Å². The number of aromatic nitrogens is 4. The van der Waals surface area contributed by atoms with Gasteiger partial charge in [0.05, 0.1) is 18.4 Å². The number of rotatable bonds is 4. The molecule has 0 atom stereocenters. The van der Waals surface area contributed by atoms with E-state index in [0.717, 1.165) is 0 Å². The van der Waals surface area contributed by atoms with Crippen LogP contribution in [0.4, 0.5) is 11.5 Å². The summed E-state index contributed by atoms with van der Waals surface area (Å²) < 4.78 is 6.51. The molecule has 2 aromatic heterocycles. The van der Waals surface area contributed by atoms with Gasteiger partial charge in [-0.2, -0.15) is 0 Å². The van der Waals surface area contributed by atoms with Crippen LogP contribution in [0.5, 0.6) is 0 Å². The standard InChI is InChI=1S/C15H13N5O2/c1-22-15(21)11-4-2-3-5-12(11)17-13-6-7-14(19-18-13)20-9-8-16-10-20/h2-10H,1H3,(H,17,18). The number of methoxy groups -OCH3 is 1. The van der Waals surface area contributed by atoms with Gasteiger partial charge in [0.15, 0.2) is 11.6 Å². The van der Waals surface area contributed by atoms with Crippen molar-refractivity contribution < 1.29 is 9.53 Å². The normalized spacial score (nSPS) is 10.2. The second-order valence-corrected chi connectivity index (χ2v) is 4.41. The van der Waals surface area contributed by atoms with Crippen molar-refractivity contribution in [2.45, 2.75) is 0 Å². The van der Waals surface area contributed by atoms with E-state index < -0.39 is 5.97 Å². The Bertz CT molecular complexity index is 769. The quantitative estimate of drug-likeness (QED) is 0.743. The molecule has 0 saturated heterocycles. The molecular formula is C15H13N5O2. The van der Waals surface area contributed by atoms with E-state index >= 15 is 0 Å². The molecular weight excluding hydrogens is 282 g/mol. The molecule has 2 heterocycles. The maximum absolute atomic E-state index is 11.7. The van der Waals surface area contributed by atoms with Crippen molar-refractivity contribution >= 4 is 17.5 Å². The van der Waals surface area contributed by atoms with E-state index in [2.05, 4.69) is 20.5 Å². The van der Waals surface area contributed by atoms with E-state index in [0.29, 0.717) is 22.9 Å². The molecule has 1 aromatic carbocycles. The molecule has 1 N–H and O–H groups in total. The fourth-order valence-electron chi connectivity index (χ4n) is 1.94. The van der Waals surface area contributed by atoms with Crippen molar-refractivity contribution in [2.75, 3.05) is 12.4 Å².